The molecule has 1 aromatic rings. The maximum Gasteiger partial charge on any atom is 0.0210 e. The molecule has 3 heteroatoms. The minimum Gasteiger partial charge on any atom is -0.314 e. The summed E-state index contributed by atoms with van der Waals surface area (Å²) < 4.78 is 1.28. The number of hydrogen-bond acceptors (Lipinski definition) is 2. The molecular formula is C17H25BrN2. The Kier molecular flexibility index (Phi) is 4.79. The molecule has 1 heterocycles. The van der Waals surface area contributed by atoms with Crippen LogP contribution in [0.1, 0.15) is 37.2 Å². The third-order valence-corrected chi connectivity index (χ3v) is 5.74. The lowest BCUT2D eigenvalue weighted by atomic mass is 9.75. The van der Waals surface area contributed by atoms with Crippen molar-refractivity contribution in [3.05, 3.63) is 34.3 Å². The van der Waals surface area contributed by atoms with Gasteiger partial charge in [-0.3, -0.25) is 0 Å². The number of hydrogen-bond donors (Lipinski definition) is 1. The van der Waals surface area contributed by atoms with Crippen LogP contribution in [0.4, 0.5) is 0 Å². The SMILES string of the molecule is CN1CCC(CNC2CC(c3ccccc3Br)C2)CC1. The van der Waals surface area contributed by atoms with Crippen molar-refractivity contribution in [1.82, 2.24) is 10.2 Å². The lowest BCUT2D eigenvalue weighted by molar-refractivity contribution is 0.199. The predicted molar refractivity (Wildman–Crippen MR) is 88.1 cm³/mol. The van der Waals surface area contributed by atoms with Crippen molar-refractivity contribution in [2.24, 2.45) is 5.92 Å². The Balaban J connectivity index is 1.39. The van der Waals surface area contributed by atoms with Gasteiger partial charge in [0, 0.05) is 10.5 Å². The summed E-state index contributed by atoms with van der Waals surface area (Å²) in [7, 11) is 2.23. The van der Waals surface area contributed by atoms with Crippen LogP contribution < -0.4 is 5.32 Å². The Morgan fingerprint density at radius 2 is 1.90 bits per heavy atom. The number of piperidine rings is 1. The predicted octanol–water partition coefficient (Wildman–Crippen LogP) is 3.63. The Morgan fingerprint density at radius 3 is 2.60 bits per heavy atom. The van der Waals surface area contributed by atoms with E-state index in [0.717, 1.165) is 17.9 Å². The number of rotatable bonds is 4. The average Bonchev–Trinajstić information content (AvgIpc) is 2.41. The molecule has 0 unspecified atom stereocenters. The normalized spacial score (nSPS) is 28.3. The summed E-state index contributed by atoms with van der Waals surface area (Å²) in [5.74, 6) is 1.65. The van der Waals surface area contributed by atoms with Gasteiger partial charge >= 0.3 is 0 Å². The van der Waals surface area contributed by atoms with Crippen LogP contribution in [0.3, 0.4) is 0 Å². The summed E-state index contributed by atoms with van der Waals surface area (Å²) in [6.07, 6.45) is 5.33. The summed E-state index contributed by atoms with van der Waals surface area (Å²) in [4.78, 5) is 2.45. The first kappa shape index (κ1) is 14.6. The summed E-state index contributed by atoms with van der Waals surface area (Å²) in [6, 6.07) is 9.42. The molecule has 110 valence electrons. The van der Waals surface area contributed by atoms with Crippen molar-refractivity contribution in [2.75, 3.05) is 26.7 Å². The zero-order valence-corrected chi connectivity index (χ0v) is 13.9. The molecule has 2 fully saturated rings. The highest BCUT2D eigenvalue weighted by atomic mass is 79.9. The van der Waals surface area contributed by atoms with E-state index >= 15 is 0 Å². The summed E-state index contributed by atoms with van der Waals surface area (Å²) in [5.41, 5.74) is 1.49. The zero-order chi connectivity index (χ0) is 13.9. The smallest absolute Gasteiger partial charge is 0.0210 e. The van der Waals surface area contributed by atoms with E-state index in [9.17, 15) is 0 Å². The van der Waals surface area contributed by atoms with Gasteiger partial charge in [-0.1, -0.05) is 34.1 Å². The van der Waals surface area contributed by atoms with Crippen LogP contribution >= 0.6 is 15.9 Å². The topological polar surface area (TPSA) is 15.3 Å². The fraction of sp³-hybridized carbons (Fsp3) is 0.647. The van der Waals surface area contributed by atoms with Gasteiger partial charge in [-0.15, -0.1) is 0 Å². The minimum absolute atomic E-state index is 0.742. The van der Waals surface area contributed by atoms with Crippen molar-refractivity contribution < 1.29 is 0 Å². The highest BCUT2D eigenvalue weighted by Gasteiger charge is 2.31. The van der Waals surface area contributed by atoms with Gasteiger partial charge in [0.15, 0.2) is 0 Å². The van der Waals surface area contributed by atoms with Crippen molar-refractivity contribution in [1.29, 1.82) is 0 Å². The fourth-order valence-corrected chi connectivity index (χ4v) is 4.05. The van der Waals surface area contributed by atoms with E-state index in [0.29, 0.717) is 0 Å². The van der Waals surface area contributed by atoms with E-state index in [-0.39, 0.29) is 0 Å². The second kappa shape index (κ2) is 6.59. The molecule has 0 bridgehead atoms. The second-order valence-electron chi connectivity index (χ2n) is 6.54. The molecule has 3 rings (SSSR count). The first-order chi connectivity index (χ1) is 9.72. The van der Waals surface area contributed by atoms with Crippen LogP contribution in [0.2, 0.25) is 0 Å². The Labute approximate surface area is 131 Å². The van der Waals surface area contributed by atoms with Crippen LogP contribution in [0.15, 0.2) is 28.7 Å². The molecule has 2 aliphatic rings. The third-order valence-electron chi connectivity index (χ3n) is 5.02. The monoisotopic (exact) mass is 336 g/mol. The number of halogens is 1. The molecular weight excluding hydrogens is 312 g/mol. The quantitative estimate of drug-likeness (QED) is 0.903. The van der Waals surface area contributed by atoms with Crippen molar-refractivity contribution >= 4 is 15.9 Å². The van der Waals surface area contributed by atoms with Gasteiger partial charge in [0.05, 0.1) is 0 Å². The van der Waals surface area contributed by atoms with E-state index in [1.54, 1.807) is 0 Å². The molecule has 0 spiro atoms. The molecule has 0 amide bonds. The molecule has 1 aromatic carbocycles. The Hall–Kier alpha value is -0.380. The van der Waals surface area contributed by atoms with Crippen LogP contribution in [-0.4, -0.2) is 37.6 Å². The molecule has 1 aliphatic heterocycles. The minimum atomic E-state index is 0.742. The van der Waals surface area contributed by atoms with Crippen LogP contribution in [0.5, 0.6) is 0 Å². The lowest BCUT2D eigenvalue weighted by Gasteiger charge is -2.38. The number of likely N-dealkylation sites (tertiary alicyclic amines) is 1. The first-order valence-corrected chi connectivity index (χ1v) is 8.68. The standard InChI is InChI=1S/C17H25BrN2/c1-20-8-6-13(7-9-20)12-19-15-10-14(11-15)16-4-2-3-5-17(16)18/h2-5,13-15,19H,6-12H2,1H3. The third kappa shape index (κ3) is 3.44. The number of nitrogens with one attached hydrogen (secondary N) is 1. The van der Waals surface area contributed by atoms with Crippen LogP contribution in [0.25, 0.3) is 0 Å². The molecule has 1 N–H and O–H groups in total. The van der Waals surface area contributed by atoms with Gasteiger partial charge in [0.1, 0.15) is 0 Å². The molecule has 20 heavy (non-hydrogen) atoms. The van der Waals surface area contributed by atoms with Gasteiger partial charge in [0.25, 0.3) is 0 Å². The second-order valence-corrected chi connectivity index (χ2v) is 7.40. The molecule has 0 aromatic heterocycles. The van der Waals surface area contributed by atoms with Gasteiger partial charge in [-0.25, -0.2) is 0 Å². The number of nitrogens with zero attached hydrogens (tertiary/aromatic N) is 1. The first-order valence-electron chi connectivity index (χ1n) is 7.88. The average molecular weight is 337 g/mol. The van der Waals surface area contributed by atoms with Crippen molar-refractivity contribution in [3.63, 3.8) is 0 Å². The summed E-state index contributed by atoms with van der Waals surface area (Å²) >= 11 is 3.67. The largest absolute Gasteiger partial charge is 0.314 e. The van der Waals surface area contributed by atoms with Gasteiger partial charge in [-0.2, -0.15) is 0 Å². The molecule has 1 saturated carbocycles. The fourth-order valence-electron chi connectivity index (χ4n) is 3.44. The van der Waals surface area contributed by atoms with Crippen molar-refractivity contribution in [2.45, 2.75) is 37.6 Å². The van der Waals surface area contributed by atoms with Gasteiger partial charge < -0.3 is 10.2 Å². The maximum atomic E-state index is 3.79. The molecule has 1 aliphatic carbocycles. The van der Waals surface area contributed by atoms with Crippen LogP contribution in [-0.2, 0) is 0 Å². The number of benzene rings is 1. The van der Waals surface area contributed by atoms with Gasteiger partial charge in [-0.05, 0) is 75.8 Å². The molecule has 1 saturated heterocycles. The molecule has 0 atom stereocenters. The van der Waals surface area contributed by atoms with E-state index < -0.39 is 0 Å². The highest BCUT2D eigenvalue weighted by Crippen LogP contribution is 2.40. The van der Waals surface area contributed by atoms with E-state index in [1.165, 1.54) is 55.4 Å². The molecule has 2 nitrogen and oxygen atoms in total. The summed E-state index contributed by atoms with van der Waals surface area (Å²) in [5, 5.41) is 3.79. The lowest BCUT2D eigenvalue weighted by Crippen LogP contribution is -2.44. The molecule has 0 radical (unpaired) electrons. The van der Waals surface area contributed by atoms with Gasteiger partial charge in [0.2, 0.25) is 0 Å². The van der Waals surface area contributed by atoms with E-state index in [2.05, 4.69) is 57.5 Å². The Bertz CT molecular complexity index is 434. The summed E-state index contributed by atoms with van der Waals surface area (Å²) in [6.45, 7) is 3.77. The van der Waals surface area contributed by atoms with E-state index in [4.69, 9.17) is 0 Å². The highest BCUT2D eigenvalue weighted by molar-refractivity contribution is 9.10. The maximum absolute atomic E-state index is 3.79. The zero-order valence-electron chi connectivity index (χ0n) is 12.3. The Morgan fingerprint density at radius 1 is 1.20 bits per heavy atom. The van der Waals surface area contributed by atoms with Crippen LogP contribution in [0, 0.1) is 5.92 Å². The van der Waals surface area contributed by atoms with E-state index in [1.807, 2.05) is 0 Å². The van der Waals surface area contributed by atoms with Crippen molar-refractivity contribution in [3.8, 4) is 0 Å².